The molecule has 0 aliphatic heterocycles. The summed E-state index contributed by atoms with van der Waals surface area (Å²) in [4.78, 5) is 39.8. The van der Waals surface area contributed by atoms with Crippen LogP contribution >= 0.6 is 11.6 Å². The van der Waals surface area contributed by atoms with Crippen LogP contribution in [-0.2, 0) is 14.3 Å². The van der Waals surface area contributed by atoms with Crippen LogP contribution in [0.3, 0.4) is 0 Å². The van der Waals surface area contributed by atoms with Crippen LogP contribution in [0.2, 0.25) is 5.02 Å². The molecule has 0 aliphatic carbocycles. The van der Waals surface area contributed by atoms with E-state index in [0.717, 1.165) is 16.8 Å². The van der Waals surface area contributed by atoms with Gasteiger partial charge in [0.15, 0.2) is 6.61 Å². The first-order valence-electron chi connectivity index (χ1n) is 7.89. The van der Waals surface area contributed by atoms with E-state index in [0.29, 0.717) is 5.02 Å². The normalized spacial score (nSPS) is 10.3. The monoisotopic (exact) mass is 377 g/mol. The van der Waals surface area contributed by atoms with E-state index in [2.05, 4.69) is 10.3 Å². The molecule has 7 nitrogen and oxygen atoms in total. The van der Waals surface area contributed by atoms with Crippen molar-refractivity contribution < 1.29 is 19.1 Å². The maximum Gasteiger partial charge on any atom is 0.355 e. The first-order valence-corrected chi connectivity index (χ1v) is 8.26. The molecule has 1 aromatic carbocycles. The molecule has 0 unspecified atom stereocenters. The Morgan fingerprint density at radius 1 is 1.23 bits per heavy atom. The number of benzene rings is 1. The molecular formula is C18H20ClN3O4. The molecule has 0 saturated carbocycles. The quantitative estimate of drug-likeness (QED) is 0.757. The first kappa shape index (κ1) is 19.5. The molecule has 1 heterocycles. The van der Waals surface area contributed by atoms with E-state index >= 15 is 0 Å². The van der Waals surface area contributed by atoms with Crippen LogP contribution in [0.4, 0.5) is 5.69 Å². The summed E-state index contributed by atoms with van der Waals surface area (Å²) in [5, 5.41) is 3.16. The summed E-state index contributed by atoms with van der Waals surface area (Å²) in [5.41, 5.74) is 2.75. The molecule has 0 bridgehead atoms. The van der Waals surface area contributed by atoms with Crippen LogP contribution in [-0.4, -0.2) is 47.9 Å². The van der Waals surface area contributed by atoms with Crippen LogP contribution in [0.15, 0.2) is 30.5 Å². The molecule has 0 saturated heterocycles. The van der Waals surface area contributed by atoms with Crippen molar-refractivity contribution in [3.63, 3.8) is 0 Å². The summed E-state index contributed by atoms with van der Waals surface area (Å²) < 4.78 is 4.91. The van der Waals surface area contributed by atoms with Crippen molar-refractivity contribution in [1.82, 2.24) is 9.88 Å². The maximum atomic E-state index is 12.2. The number of H-pyrrole nitrogens is 1. The van der Waals surface area contributed by atoms with Crippen LogP contribution in [0, 0.1) is 13.8 Å². The predicted octanol–water partition coefficient (Wildman–Crippen LogP) is 2.54. The van der Waals surface area contributed by atoms with Gasteiger partial charge in [-0.3, -0.25) is 9.59 Å². The number of aromatic nitrogens is 1. The van der Waals surface area contributed by atoms with Crippen molar-refractivity contribution >= 4 is 35.1 Å². The van der Waals surface area contributed by atoms with Gasteiger partial charge >= 0.3 is 5.97 Å². The van der Waals surface area contributed by atoms with Crippen molar-refractivity contribution in [2.75, 3.05) is 25.5 Å². The smallest absolute Gasteiger partial charge is 0.355 e. The number of nitrogens with zero attached hydrogens (tertiary/aromatic N) is 1. The predicted molar refractivity (Wildman–Crippen MR) is 98.3 cm³/mol. The number of carbonyl (C=O) groups is 3. The number of para-hydroxylation sites is 1. The Bertz CT molecular complexity index is 811. The Kier molecular flexibility index (Phi) is 6.41. The Morgan fingerprint density at radius 2 is 1.88 bits per heavy atom. The summed E-state index contributed by atoms with van der Waals surface area (Å²) >= 11 is 5.70. The van der Waals surface area contributed by atoms with E-state index in [4.69, 9.17) is 16.3 Å². The third-order valence-electron chi connectivity index (χ3n) is 3.75. The van der Waals surface area contributed by atoms with Gasteiger partial charge in [0.05, 0.1) is 11.6 Å². The number of carbonyl (C=O) groups excluding carboxylic acids is 3. The second-order valence-electron chi connectivity index (χ2n) is 5.87. The second-order valence-corrected chi connectivity index (χ2v) is 6.31. The lowest BCUT2D eigenvalue weighted by Crippen LogP contribution is -2.37. The maximum absolute atomic E-state index is 12.2. The number of rotatable bonds is 6. The molecule has 0 aliphatic rings. The Labute approximate surface area is 156 Å². The number of likely N-dealkylation sites (N-methyl/N-ethyl adjacent to an activating group) is 1. The van der Waals surface area contributed by atoms with Crippen molar-refractivity contribution in [3.05, 3.63) is 52.3 Å². The number of hydrogen-bond donors (Lipinski definition) is 2. The molecule has 2 rings (SSSR count). The van der Waals surface area contributed by atoms with Gasteiger partial charge in [0, 0.05) is 18.9 Å². The standard InChI is InChI=1S/C18H20ClN3O4/c1-11-5-4-6-12(2)17(11)21-15(23)9-22(3)16(24)10-26-18(25)14-7-13(19)8-20-14/h4-8,20H,9-10H2,1-3H3,(H,21,23). The van der Waals surface area contributed by atoms with Gasteiger partial charge in [-0.05, 0) is 31.0 Å². The highest BCUT2D eigenvalue weighted by molar-refractivity contribution is 6.30. The zero-order valence-corrected chi connectivity index (χ0v) is 15.5. The zero-order chi connectivity index (χ0) is 19.3. The third kappa shape index (κ3) is 5.10. The SMILES string of the molecule is Cc1cccc(C)c1NC(=O)CN(C)C(=O)COC(=O)c1cc(Cl)c[nH]1. The number of halogens is 1. The van der Waals surface area contributed by atoms with E-state index in [-0.39, 0.29) is 18.1 Å². The topological polar surface area (TPSA) is 91.5 Å². The van der Waals surface area contributed by atoms with E-state index in [1.165, 1.54) is 24.2 Å². The van der Waals surface area contributed by atoms with Gasteiger partial charge in [0.25, 0.3) is 5.91 Å². The fourth-order valence-electron chi connectivity index (χ4n) is 2.30. The molecule has 2 amide bonds. The summed E-state index contributed by atoms with van der Waals surface area (Å²) in [6.07, 6.45) is 1.43. The van der Waals surface area contributed by atoms with Crippen molar-refractivity contribution in [2.24, 2.45) is 0 Å². The number of aromatic amines is 1. The van der Waals surface area contributed by atoms with Crippen LogP contribution in [0.25, 0.3) is 0 Å². The minimum atomic E-state index is -0.696. The molecule has 1 aromatic heterocycles. The molecule has 0 radical (unpaired) electrons. The van der Waals surface area contributed by atoms with Gasteiger partial charge in [-0.25, -0.2) is 4.79 Å². The fourth-order valence-corrected chi connectivity index (χ4v) is 2.46. The number of aryl methyl sites for hydroxylation is 2. The summed E-state index contributed by atoms with van der Waals surface area (Å²) in [6, 6.07) is 7.09. The highest BCUT2D eigenvalue weighted by atomic mass is 35.5. The van der Waals surface area contributed by atoms with Gasteiger partial charge in [-0.1, -0.05) is 29.8 Å². The van der Waals surface area contributed by atoms with Gasteiger partial charge in [0.2, 0.25) is 5.91 Å². The summed E-state index contributed by atoms with van der Waals surface area (Å²) in [7, 11) is 1.46. The first-order chi connectivity index (χ1) is 12.3. The molecule has 2 N–H and O–H groups in total. The highest BCUT2D eigenvalue weighted by Crippen LogP contribution is 2.19. The highest BCUT2D eigenvalue weighted by Gasteiger charge is 2.17. The van der Waals surface area contributed by atoms with E-state index in [9.17, 15) is 14.4 Å². The molecule has 26 heavy (non-hydrogen) atoms. The Hall–Kier alpha value is -2.80. The number of amides is 2. The van der Waals surface area contributed by atoms with Crippen LogP contribution < -0.4 is 5.32 Å². The largest absolute Gasteiger partial charge is 0.451 e. The molecule has 0 spiro atoms. The molecule has 0 atom stereocenters. The third-order valence-corrected chi connectivity index (χ3v) is 3.96. The van der Waals surface area contributed by atoms with Gasteiger partial charge in [-0.15, -0.1) is 0 Å². The Balaban J connectivity index is 1.84. The lowest BCUT2D eigenvalue weighted by atomic mass is 10.1. The van der Waals surface area contributed by atoms with Gasteiger partial charge < -0.3 is 19.9 Å². The van der Waals surface area contributed by atoms with E-state index in [1.54, 1.807) is 0 Å². The molecule has 0 fully saturated rings. The van der Waals surface area contributed by atoms with Crippen molar-refractivity contribution in [1.29, 1.82) is 0 Å². The molecule has 2 aromatic rings. The van der Waals surface area contributed by atoms with Crippen LogP contribution in [0.5, 0.6) is 0 Å². The van der Waals surface area contributed by atoms with E-state index < -0.39 is 18.5 Å². The lowest BCUT2D eigenvalue weighted by molar-refractivity contribution is -0.136. The molecule has 8 heteroatoms. The zero-order valence-electron chi connectivity index (χ0n) is 14.8. The Morgan fingerprint density at radius 3 is 2.46 bits per heavy atom. The van der Waals surface area contributed by atoms with Gasteiger partial charge in [-0.2, -0.15) is 0 Å². The van der Waals surface area contributed by atoms with E-state index in [1.807, 2.05) is 32.0 Å². The average molecular weight is 378 g/mol. The number of nitrogens with one attached hydrogen (secondary N) is 2. The number of hydrogen-bond acceptors (Lipinski definition) is 4. The number of ether oxygens (including phenoxy) is 1. The number of esters is 1. The second kappa shape index (κ2) is 8.53. The average Bonchev–Trinajstić information content (AvgIpc) is 3.02. The number of anilines is 1. The molecular weight excluding hydrogens is 358 g/mol. The van der Waals surface area contributed by atoms with Crippen LogP contribution in [0.1, 0.15) is 21.6 Å². The fraction of sp³-hybridized carbons (Fsp3) is 0.278. The minimum absolute atomic E-state index is 0.151. The molecule has 138 valence electrons. The summed E-state index contributed by atoms with van der Waals surface area (Å²) in [5.74, 6) is -1.52. The minimum Gasteiger partial charge on any atom is -0.451 e. The summed E-state index contributed by atoms with van der Waals surface area (Å²) in [6.45, 7) is 3.16. The van der Waals surface area contributed by atoms with Gasteiger partial charge in [0.1, 0.15) is 5.69 Å². The van der Waals surface area contributed by atoms with Crippen molar-refractivity contribution in [3.8, 4) is 0 Å². The van der Waals surface area contributed by atoms with Crippen molar-refractivity contribution in [2.45, 2.75) is 13.8 Å². The lowest BCUT2D eigenvalue weighted by Gasteiger charge is -2.18.